The van der Waals surface area contributed by atoms with Crippen LogP contribution in [-0.2, 0) is 4.79 Å². The standard InChI is InChI=1S/C26H27N5O/c1-18-13-25(30-23-9-6-20(7-10-23)5-4-12-27-3)24-14-21(22-15-28-17-29-16-22)8-11-26(24)31(18)19(2)32/h6-11,14-18,25,27,30H,12-13H2,1-3H3. The van der Waals surface area contributed by atoms with Crippen LogP contribution in [0.1, 0.15) is 37.4 Å². The van der Waals surface area contributed by atoms with E-state index >= 15 is 0 Å². The molecular weight excluding hydrogens is 398 g/mol. The van der Waals surface area contributed by atoms with Crippen molar-refractivity contribution in [3.05, 3.63) is 72.3 Å². The molecule has 2 N–H and O–H groups in total. The normalized spacial score (nSPS) is 17.2. The summed E-state index contributed by atoms with van der Waals surface area (Å²) in [7, 11) is 1.88. The van der Waals surface area contributed by atoms with Gasteiger partial charge in [-0.3, -0.25) is 4.79 Å². The molecule has 2 unspecified atom stereocenters. The van der Waals surface area contributed by atoms with Crippen molar-refractivity contribution in [1.82, 2.24) is 15.3 Å². The smallest absolute Gasteiger partial charge is 0.224 e. The van der Waals surface area contributed by atoms with Crippen molar-refractivity contribution in [3.8, 4) is 23.0 Å². The molecular formula is C26H27N5O. The number of nitrogens with zero attached hydrogens (tertiary/aromatic N) is 3. The van der Waals surface area contributed by atoms with E-state index in [1.54, 1.807) is 19.3 Å². The number of rotatable bonds is 4. The van der Waals surface area contributed by atoms with Crippen molar-refractivity contribution in [1.29, 1.82) is 0 Å². The molecule has 2 aromatic carbocycles. The summed E-state index contributed by atoms with van der Waals surface area (Å²) in [6.45, 7) is 4.39. The molecule has 1 aliphatic rings. The Morgan fingerprint density at radius 1 is 1.12 bits per heavy atom. The zero-order valence-electron chi connectivity index (χ0n) is 18.6. The van der Waals surface area contributed by atoms with Gasteiger partial charge in [-0.25, -0.2) is 9.97 Å². The molecule has 32 heavy (non-hydrogen) atoms. The average molecular weight is 426 g/mol. The summed E-state index contributed by atoms with van der Waals surface area (Å²) in [6.07, 6.45) is 5.95. The highest BCUT2D eigenvalue weighted by Gasteiger charge is 2.32. The molecule has 0 aliphatic carbocycles. The van der Waals surface area contributed by atoms with Crippen molar-refractivity contribution >= 4 is 17.3 Å². The summed E-state index contributed by atoms with van der Waals surface area (Å²) >= 11 is 0. The van der Waals surface area contributed by atoms with Gasteiger partial charge in [0, 0.05) is 47.9 Å². The van der Waals surface area contributed by atoms with E-state index in [-0.39, 0.29) is 18.0 Å². The third-order valence-corrected chi connectivity index (χ3v) is 5.64. The Kier molecular flexibility index (Phi) is 6.48. The van der Waals surface area contributed by atoms with E-state index in [0.717, 1.165) is 40.0 Å². The zero-order valence-corrected chi connectivity index (χ0v) is 18.6. The minimum absolute atomic E-state index is 0.0532. The molecule has 3 aromatic rings. The lowest BCUT2D eigenvalue weighted by Crippen LogP contribution is -2.43. The number of fused-ring (bicyclic) bond motifs is 1. The van der Waals surface area contributed by atoms with Crippen LogP contribution >= 0.6 is 0 Å². The van der Waals surface area contributed by atoms with Crippen molar-refractivity contribution in [2.45, 2.75) is 32.4 Å². The second-order valence-corrected chi connectivity index (χ2v) is 7.98. The lowest BCUT2D eigenvalue weighted by atomic mass is 9.89. The summed E-state index contributed by atoms with van der Waals surface area (Å²) in [5.41, 5.74) is 6.03. The van der Waals surface area contributed by atoms with Crippen LogP contribution in [0.4, 0.5) is 11.4 Å². The SMILES string of the molecule is CNCC#Cc1ccc(NC2CC(C)N(C(C)=O)c3ccc(-c4cncnc4)cc32)cc1. The molecule has 6 nitrogen and oxygen atoms in total. The second kappa shape index (κ2) is 9.63. The molecule has 2 atom stereocenters. The number of carbonyl (C=O) groups excluding carboxylic acids is 1. The van der Waals surface area contributed by atoms with Crippen LogP contribution in [0.5, 0.6) is 0 Å². The van der Waals surface area contributed by atoms with Crippen LogP contribution in [0.15, 0.2) is 61.2 Å². The highest BCUT2D eigenvalue weighted by atomic mass is 16.2. The zero-order chi connectivity index (χ0) is 22.5. The van der Waals surface area contributed by atoms with E-state index < -0.39 is 0 Å². The van der Waals surface area contributed by atoms with Gasteiger partial charge < -0.3 is 15.5 Å². The first kappa shape index (κ1) is 21.5. The molecule has 162 valence electrons. The van der Waals surface area contributed by atoms with Crippen LogP contribution in [0.2, 0.25) is 0 Å². The van der Waals surface area contributed by atoms with E-state index in [2.05, 4.69) is 57.6 Å². The number of nitrogens with one attached hydrogen (secondary N) is 2. The van der Waals surface area contributed by atoms with Gasteiger partial charge in [-0.1, -0.05) is 17.9 Å². The van der Waals surface area contributed by atoms with Gasteiger partial charge in [-0.15, -0.1) is 0 Å². The van der Waals surface area contributed by atoms with E-state index in [0.29, 0.717) is 6.54 Å². The molecule has 1 aliphatic heterocycles. The molecule has 0 saturated heterocycles. The molecule has 1 aromatic heterocycles. The lowest BCUT2D eigenvalue weighted by Gasteiger charge is -2.39. The molecule has 6 heteroatoms. The Morgan fingerprint density at radius 2 is 1.88 bits per heavy atom. The van der Waals surface area contributed by atoms with Crippen LogP contribution in [0.25, 0.3) is 11.1 Å². The molecule has 4 rings (SSSR count). The molecule has 0 radical (unpaired) electrons. The minimum atomic E-state index is 0.0532. The number of benzene rings is 2. The fourth-order valence-electron chi connectivity index (χ4n) is 4.19. The molecule has 0 spiro atoms. The number of aromatic nitrogens is 2. The summed E-state index contributed by atoms with van der Waals surface area (Å²) in [4.78, 5) is 22.6. The summed E-state index contributed by atoms with van der Waals surface area (Å²) in [5.74, 6) is 6.28. The Labute approximate surface area is 189 Å². The Morgan fingerprint density at radius 3 is 2.56 bits per heavy atom. The van der Waals surface area contributed by atoms with E-state index in [9.17, 15) is 4.79 Å². The van der Waals surface area contributed by atoms with Crippen molar-refractivity contribution in [2.75, 3.05) is 23.8 Å². The third kappa shape index (κ3) is 4.63. The van der Waals surface area contributed by atoms with Gasteiger partial charge in [0.15, 0.2) is 0 Å². The quantitative estimate of drug-likeness (QED) is 0.618. The van der Waals surface area contributed by atoms with Crippen LogP contribution < -0.4 is 15.5 Å². The van der Waals surface area contributed by atoms with Crippen molar-refractivity contribution in [3.63, 3.8) is 0 Å². The number of amides is 1. The summed E-state index contributed by atoms with van der Waals surface area (Å²) < 4.78 is 0. The van der Waals surface area contributed by atoms with Gasteiger partial charge in [-0.2, -0.15) is 0 Å². The first-order chi connectivity index (χ1) is 15.6. The molecule has 0 bridgehead atoms. The number of anilines is 2. The van der Waals surface area contributed by atoms with Gasteiger partial charge in [-0.05, 0) is 67.9 Å². The maximum absolute atomic E-state index is 12.4. The lowest BCUT2D eigenvalue weighted by molar-refractivity contribution is -0.117. The van der Waals surface area contributed by atoms with Crippen molar-refractivity contribution in [2.24, 2.45) is 0 Å². The fourth-order valence-corrected chi connectivity index (χ4v) is 4.19. The van der Waals surface area contributed by atoms with Crippen molar-refractivity contribution < 1.29 is 4.79 Å². The number of hydrogen-bond donors (Lipinski definition) is 2. The molecule has 2 heterocycles. The van der Waals surface area contributed by atoms with Gasteiger partial charge in [0.2, 0.25) is 5.91 Å². The van der Waals surface area contributed by atoms with Crippen LogP contribution in [0, 0.1) is 11.8 Å². The largest absolute Gasteiger partial charge is 0.378 e. The highest BCUT2D eigenvalue weighted by Crippen LogP contribution is 2.41. The van der Waals surface area contributed by atoms with E-state index in [4.69, 9.17) is 0 Å². The molecule has 0 fully saturated rings. The molecule has 1 amide bonds. The Balaban J connectivity index is 1.66. The summed E-state index contributed by atoms with van der Waals surface area (Å²) in [6, 6.07) is 14.5. The predicted octanol–water partition coefficient (Wildman–Crippen LogP) is 4.01. The number of hydrogen-bond acceptors (Lipinski definition) is 5. The Bertz CT molecular complexity index is 1150. The minimum Gasteiger partial charge on any atom is -0.378 e. The van der Waals surface area contributed by atoms with Gasteiger partial charge in [0.05, 0.1) is 12.6 Å². The first-order valence-corrected chi connectivity index (χ1v) is 10.8. The van der Waals surface area contributed by atoms with Gasteiger partial charge in [0.25, 0.3) is 0 Å². The first-order valence-electron chi connectivity index (χ1n) is 10.8. The fraction of sp³-hybridized carbons (Fsp3) is 0.269. The highest BCUT2D eigenvalue weighted by molar-refractivity contribution is 5.94. The number of carbonyl (C=O) groups is 1. The maximum Gasteiger partial charge on any atom is 0.224 e. The van der Waals surface area contributed by atoms with E-state index in [1.165, 1.54) is 6.33 Å². The van der Waals surface area contributed by atoms with Crippen LogP contribution in [-0.4, -0.2) is 35.5 Å². The Hall–Kier alpha value is -3.69. The van der Waals surface area contributed by atoms with E-state index in [1.807, 2.05) is 36.2 Å². The topological polar surface area (TPSA) is 70.2 Å². The second-order valence-electron chi connectivity index (χ2n) is 7.98. The summed E-state index contributed by atoms with van der Waals surface area (Å²) in [5, 5.41) is 6.69. The maximum atomic E-state index is 12.4. The van der Waals surface area contributed by atoms with Gasteiger partial charge in [0.1, 0.15) is 6.33 Å². The molecule has 0 saturated carbocycles. The van der Waals surface area contributed by atoms with Crippen LogP contribution in [0.3, 0.4) is 0 Å². The third-order valence-electron chi connectivity index (χ3n) is 5.64. The monoisotopic (exact) mass is 425 g/mol. The predicted molar refractivity (Wildman–Crippen MR) is 128 cm³/mol. The van der Waals surface area contributed by atoms with Gasteiger partial charge >= 0.3 is 0 Å². The average Bonchev–Trinajstić information content (AvgIpc) is 2.80.